The minimum absolute atomic E-state index is 0.378. The van der Waals surface area contributed by atoms with Crippen LogP contribution in [0.4, 0.5) is 5.13 Å². The lowest BCUT2D eigenvalue weighted by Crippen LogP contribution is -2.32. The maximum Gasteiger partial charge on any atom is 0.339 e. The van der Waals surface area contributed by atoms with Gasteiger partial charge < -0.3 is 4.74 Å². The van der Waals surface area contributed by atoms with Crippen LogP contribution in [0.2, 0.25) is 0 Å². The number of para-hydroxylation sites is 1. The highest BCUT2D eigenvalue weighted by Gasteiger charge is 2.27. The highest BCUT2D eigenvalue weighted by Crippen LogP contribution is 2.29. The Morgan fingerprint density at radius 2 is 1.88 bits per heavy atom. The summed E-state index contributed by atoms with van der Waals surface area (Å²) in [5, 5.41) is 5.75. The van der Waals surface area contributed by atoms with Crippen molar-refractivity contribution in [2.24, 2.45) is 0 Å². The summed E-state index contributed by atoms with van der Waals surface area (Å²) in [6, 6.07) is 17.9. The Balaban J connectivity index is 1.39. The van der Waals surface area contributed by atoms with Crippen LogP contribution in [0.15, 0.2) is 60.0 Å². The molecule has 0 aliphatic carbocycles. The Morgan fingerprint density at radius 3 is 2.68 bits per heavy atom. The first kappa shape index (κ1) is 22.2. The predicted octanol–water partition coefficient (Wildman–Crippen LogP) is 4.35. The number of pyridine rings is 1. The molecule has 1 aliphatic rings. The second-order valence-electron chi connectivity index (χ2n) is 8.29. The molecule has 0 saturated carbocycles. The molecular weight excluding hydrogens is 448 g/mol. The third kappa shape index (κ3) is 4.83. The molecule has 8 heteroatoms. The molecule has 4 aromatic rings. The van der Waals surface area contributed by atoms with Gasteiger partial charge in [0, 0.05) is 48.1 Å². The van der Waals surface area contributed by atoms with Crippen LogP contribution in [-0.4, -0.2) is 39.9 Å². The van der Waals surface area contributed by atoms with Crippen LogP contribution >= 0.6 is 11.3 Å². The van der Waals surface area contributed by atoms with Gasteiger partial charge in [0.05, 0.1) is 16.8 Å². The van der Waals surface area contributed by atoms with E-state index in [4.69, 9.17) is 9.72 Å². The van der Waals surface area contributed by atoms with Gasteiger partial charge in [0.15, 0.2) is 11.7 Å². The lowest BCUT2D eigenvalue weighted by Gasteiger charge is -2.30. The fraction of sp³-hybridized carbons (Fsp3) is 0.231. The summed E-state index contributed by atoms with van der Waals surface area (Å²) in [6.07, 6.45) is 0.747. The molecule has 2 aromatic heterocycles. The van der Waals surface area contributed by atoms with Crippen LogP contribution in [0.5, 0.6) is 0 Å². The van der Waals surface area contributed by atoms with E-state index in [1.165, 1.54) is 16.9 Å². The van der Waals surface area contributed by atoms with Gasteiger partial charge >= 0.3 is 5.97 Å². The Morgan fingerprint density at radius 1 is 1.09 bits per heavy atom. The molecule has 0 spiro atoms. The molecule has 0 saturated heterocycles. The summed E-state index contributed by atoms with van der Waals surface area (Å²) in [5.74, 6) is -0.928. The number of fused-ring (bicyclic) bond motifs is 2. The maximum atomic E-state index is 13.3. The zero-order chi connectivity index (χ0) is 23.5. The second kappa shape index (κ2) is 9.70. The standard InChI is InChI=1S/C26H24N4O3S/c1-17-16-34-26(27-17)29-23(31)15-33-25(32)24-19-9-5-6-10-21(19)28-22-11-12-30(14-20(22)24)13-18-7-3-2-4-8-18/h2-10,16H,11-15H2,1H3,(H,27,29,31). The molecule has 5 rings (SSSR count). The van der Waals surface area contributed by atoms with Crippen molar-refractivity contribution in [3.8, 4) is 0 Å². The number of esters is 1. The first-order valence-electron chi connectivity index (χ1n) is 11.1. The number of aryl methyl sites for hydroxylation is 1. The molecule has 0 fully saturated rings. The molecule has 7 nitrogen and oxygen atoms in total. The summed E-state index contributed by atoms with van der Waals surface area (Å²) >= 11 is 1.33. The van der Waals surface area contributed by atoms with Crippen LogP contribution in [0.25, 0.3) is 10.9 Å². The number of thiazole rings is 1. The number of anilines is 1. The van der Waals surface area contributed by atoms with Gasteiger partial charge in [0.1, 0.15) is 0 Å². The number of hydrogen-bond donors (Lipinski definition) is 1. The normalized spacial score (nSPS) is 13.4. The van der Waals surface area contributed by atoms with Crippen molar-refractivity contribution in [2.45, 2.75) is 26.4 Å². The van der Waals surface area contributed by atoms with Crippen molar-refractivity contribution < 1.29 is 14.3 Å². The summed E-state index contributed by atoms with van der Waals surface area (Å²) < 4.78 is 5.48. The van der Waals surface area contributed by atoms with Gasteiger partial charge in [0.2, 0.25) is 0 Å². The van der Waals surface area contributed by atoms with E-state index in [1.807, 2.05) is 54.8 Å². The smallest absolute Gasteiger partial charge is 0.339 e. The van der Waals surface area contributed by atoms with Crippen molar-refractivity contribution in [3.05, 3.63) is 88.1 Å². The van der Waals surface area contributed by atoms with Crippen molar-refractivity contribution in [1.29, 1.82) is 0 Å². The van der Waals surface area contributed by atoms with E-state index in [1.54, 1.807) is 0 Å². The third-order valence-corrected chi connectivity index (χ3v) is 6.65. The third-order valence-electron chi connectivity index (χ3n) is 5.78. The first-order valence-corrected chi connectivity index (χ1v) is 12.0. The van der Waals surface area contributed by atoms with Crippen LogP contribution in [-0.2, 0) is 29.0 Å². The lowest BCUT2D eigenvalue weighted by atomic mass is 9.95. The molecule has 0 radical (unpaired) electrons. The molecule has 0 atom stereocenters. The first-order chi connectivity index (χ1) is 16.6. The van der Waals surface area contributed by atoms with Crippen molar-refractivity contribution in [2.75, 3.05) is 18.5 Å². The Hall–Kier alpha value is -3.62. The monoisotopic (exact) mass is 472 g/mol. The number of benzene rings is 2. The highest BCUT2D eigenvalue weighted by atomic mass is 32.1. The number of carbonyl (C=O) groups is 2. The Kier molecular flexibility index (Phi) is 6.33. The second-order valence-corrected chi connectivity index (χ2v) is 9.15. The van der Waals surface area contributed by atoms with Gasteiger partial charge in [-0.3, -0.25) is 20.0 Å². The van der Waals surface area contributed by atoms with E-state index in [9.17, 15) is 9.59 Å². The van der Waals surface area contributed by atoms with E-state index in [-0.39, 0.29) is 6.61 Å². The topological polar surface area (TPSA) is 84.4 Å². The van der Waals surface area contributed by atoms with Gasteiger partial charge in [-0.1, -0.05) is 48.5 Å². The molecule has 0 unspecified atom stereocenters. The van der Waals surface area contributed by atoms with Crippen molar-refractivity contribution >= 4 is 39.2 Å². The van der Waals surface area contributed by atoms with Gasteiger partial charge in [-0.05, 0) is 18.6 Å². The fourth-order valence-corrected chi connectivity index (χ4v) is 4.93. The fourth-order valence-electron chi connectivity index (χ4n) is 4.23. The van der Waals surface area contributed by atoms with E-state index < -0.39 is 11.9 Å². The molecule has 34 heavy (non-hydrogen) atoms. The Labute approximate surface area is 201 Å². The van der Waals surface area contributed by atoms with Gasteiger partial charge in [0.25, 0.3) is 5.91 Å². The molecular formula is C26H24N4O3S. The molecule has 172 valence electrons. The molecule has 1 N–H and O–H groups in total. The number of aromatic nitrogens is 2. The molecule has 1 amide bonds. The van der Waals surface area contributed by atoms with Crippen LogP contribution in [0, 0.1) is 6.92 Å². The number of hydrogen-bond acceptors (Lipinski definition) is 7. The van der Waals surface area contributed by atoms with Gasteiger partial charge in [-0.2, -0.15) is 0 Å². The van der Waals surface area contributed by atoms with Crippen LogP contribution in [0.3, 0.4) is 0 Å². The average molecular weight is 473 g/mol. The van der Waals surface area contributed by atoms with E-state index in [0.29, 0.717) is 17.2 Å². The molecule has 1 aliphatic heterocycles. The van der Waals surface area contributed by atoms with E-state index >= 15 is 0 Å². The maximum absolute atomic E-state index is 13.3. The minimum atomic E-state index is -0.512. The number of amides is 1. The van der Waals surface area contributed by atoms with Crippen LogP contribution in [0.1, 0.15) is 32.9 Å². The molecule has 2 aromatic carbocycles. The molecule has 0 bridgehead atoms. The van der Waals surface area contributed by atoms with Crippen LogP contribution < -0.4 is 5.32 Å². The highest BCUT2D eigenvalue weighted by molar-refractivity contribution is 7.13. The predicted molar refractivity (Wildman–Crippen MR) is 132 cm³/mol. The van der Waals surface area contributed by atoms with Gasteiger partial charge in [-0.15, -0.1) is 11.3 Å². The number of rotatable bonds is 6. The summed E-state index contributed by atoms with van der Waals surface area (Å²) in [7, 11) is 0. The summed E-state index contributed by atoms with van der Waals surface area (Å²) in [5.41, 5.74) is 5.09. The number of nitrogens with one attached hydrogen (secondary N) is 1. The summed E-state index contributed by atoms with van der Waals surface area (Å²) in [6.45, 7) is 3.72. The minimum Gasteiger partial charge on any atom is -0.452 e. The number of carbonyl (C=O) groups excluding carboxylic acids is 2. The lowest BCUT2D eigenvalue weighted by molar-refractivity contribution is -0.119. The van der Waals surface area contributed by atoms with E-state index in [0.717, 1.165) is 47.4 Å². The van der Waals surface area contributed by atoms with Gasteiger partial charge in [-0.25, -0.2) is 9.78 Å². The number of nitrogens with zero attached hydrogens (tertiary/aromatic N) is 3. The summed E-state index contributed by atoms with van der Waals surface area (Å²) in [4.78, 5) is 37.0. The zero-order valence-electron chi connectivity index (χ0n) is 18.8. The zero-order valence-corrected chi connectivity index (χ0v) is 19.6. The average Bonchev–Trinajstić information content (AvgIpc) is 3.26. The SMILES string of the molecule is Cc1csc(NC(=O)COC(=O)c2c3c(nc4ccccc24)CCN(Cc2ccccc2)C3)n1. The molecule has 3 heterocycles. The Bertz CT molecular complexity index is 1350. The van der Waals surface area contributed by atoms with Crippen molar-refractivity contribution in [3.63, 3.8) is 0 Å². The largest absolute Gasteiger partial charge is 0.452 e. The van der Waals surface area contributed by atoms with E-state index in [2.05, 4.69) is 27.3 Å². The van der Waals surface area contributed by atoms with Crippen molar-refractivity contribution in [1.82, 2.24) is 14.9 Å². The number of ether oxygens (including phenoxy) is 1. The quantitative estimate of drug-likeness (QED) is 0.420.